The quantitative estimate of drug-likeness (QED) is 0.552. The van der Waals surface area contributed by atoms with Crippen LogP contribution in [0.25, 0.3) is 0 Å². The van der Waals surface area contributed by atoms with Crippen LogP contribution in [-0.4, -0.2) is 35.6 Å². The molecule has 1 aliphatic heterocycles. The number of carbonyl (C=O) groups is 1. The predicted molar refractivity (Wildman–Crippen MR) is 45.2 cm³/mol. The van der Waals surface area contributed by atoms with Crippen LogP contribution < -0.4 is 0 Å². The zero-order chi connectivity index (χ0) is 8.97. The maximum atomic E-state index is 11.2. The van der Waals surface area contributed by atoms with Crippen LogP contribution in [0.3, 0.4) is 0 Å². The number of hydrogen-bond acceptors (Lipinski definition) is 2. The first-order valence-corrected chi connectivity index (χ1v) is 4.10. The van der Waals surface area contributed by atoms with E-state index in [9.17, 15) is 4.79 Å². The molecule has 1 fully saturated rings. The fourth-order valence-corrected chi connectivity index (χ4v) is 1.35. The Kier molecular flexibility index (Phi) is 3.12. The van der Waals surface area contributed by atoms with Crippen LogP contribution in [-0.2, 0) is 4.79 Å². The summed E-state index contributed by atoms with van der Waals surface area (Å²) in [6.07, 6.45) is 0.896. The van der Waals surface area contributed by atoms with E-state index in [0.717, 1.165) is 13.0 Å². The predicted octanol–water partition coefficient (Wildman–Crippen LogP) is -0.150. The molecule has 0 aromatic rings. The molecule has 1 aliphatic rings. The zero-order valence-electron chi connectivity index (χ0n) is 7.21. The number of aliphatic hydroxyl groups is 1. The van der Waals surface area contributed by atoms with Crippen molar-refractivity contribution in [2.24, 2.45) is 5.92 Å². The lowest BCUT2D eigenvalue weighted by atomic mass is 10.1. The van der Waals surface area contributed by atoms with E-state index in [1.165, 1.54) is 0 Å². The van der Waals surface area contributed by atoms with E-state index in [4.69, 9.17) is 5.11 Å². The van der Waals surface area contributed by atoms with Gasteiger partial charge in [0, 0.05) is 25.6 Å². The van der Waals surface area contributed by atoms with Gasteiger partial charge >= 0.3 is 0 Å². The molecule has 3 nitrogen and oxygen atoms in total. The van der Waals surface area contributed by atoms with Gasteiger partial charge in [0.25, 0.3) is 5.91 Å². The maximum absolute atomic E-state index is 11.2. The number of carbonyl (C=O) groups excluding carboxylic acids is 1. The third-order valence-electron chi connectivity index (χ3n) is 2.06. The molecule has 0 aromatic carbocycles. The van der Waals surface area contributed by atoms with Gasteiger partial charge < -0.3 is 10.0 Å². The summed E-state index contributed by atoms with van der Waals surface area (Å²) in [5, 5.41) is 8.82. The molecule has 0 spiro atoms. The van der Waals surface area contributed by atoms with Crippen LogP contribution in [0.2, 0.25) is 0 Å². The summed E-state index contributed by atoms with van der Waals surface area (Å²) < 4.78 is 0. The molecule has 0 bridgehead atoms. The van der Waals surface area contributed by atoms with Crippen molar-refractivity contribution < 1.29 is 9.90 Å². The van der Waals surface area contributed by atoms with Crippen LogP contribution in [0.4, 0.5) is 0 Å². The van der Waals surface area contributed by atoms with Gasteiger partial charge in [0.15, 0.2) is 0 Å². The summed E-state index contributed by atoms with van der Waals surface area (Å²) in [4.78, 5) is 12.9. The monoisotopic (exact) mass is 167 g/mol. The van der Waals surface area contributed by atoms with Crippen LogP contribution in [0.5, 0.6) is 0 Å². The van der Waals surface area contributed by atoms with Gasteiger partial charge in [0.05, 0.1) is 0 Å². The molecule has 0 aromatic heterocycles. The smallest absolute Gasteiger partial charge is 0.298 e. The molecular weight excluding hydrogens is 154 g/mol. The maximum Gasteiger partial charge on any atom is 0.298 e. The highest BCUT2D eigenvalue weighted by atomic mass is 16.3. The van der Waals surface area contributed by atoms with Crippen molar-refractivity contribution >= 4 is 5.91 Å². The second-order valence-corrected chi connectivity index (χ2v) is 2.96. The molecule has 0 radical (unpaired) electrons. The molecule has 0 saturated carbocycles. The Bertz CT molecular complexity index is 226. The van der Waals surface area contributed by atoms with Crippen molar-refractivity contribution in [1.29, 1.82) is 0 Å². The van der Waals surface area contributed by atoms with Gasteiger partial charge in [-0.3, -0.25) is 4.79 Å². The average Bonchev–Trinajstić information content (AvgIpc) is 2.52. The largest absolute Gasteiger partial charge is 0.396 e. The molecule has 1 heterocycles. The summed E-state index contributed by atoms with van der Waals surface area (Å²) in [5.74, 6) is 5.20. The van der Waals surface area contributed by atoms with Crippen molar-refractivity contribution in [2.75, 3.05) is 19.7 Å². The molecule has 12 heavy (non-hydrogen) atoms. The number of nitrogens with zero attached hydrogens (tertiary/aromatic N) is 1. The van der Waals surface area contributed by atoms with Gasteiger partial charge in [-0.15, -0.1) is 0 Å². The SMILES string of the molecule is CC#CC(=O)N1CC[C@@H](CO)C1. The second-order valence-electron chi connectivity index (χ2n) is 2.96. The number of hydrogen-bond donors (Lipinski definition) is 1. The minimum atomic E-state index is -0.117. The summed E-state index contributed by atoms with van der Waals surface area (Å²) >= 11 is 0. The molecule has 1 rings (SSSR count). The van der Waals surface area contributed by atoms with Crippen molar-refractivity contribution in [1.82, 2.24) is 4.90 Å². The van der Waals surface area contributed by atoms with Gasteiger partial charge in [-0.25, -0.2) is 0 Å². The fourth-order valence-electron chi connectivity index (χ4n) is 1.35. The van der Waals surface area contributed by atoms with E-state index in [2.05, 4.69) is 11.8 Å². The lowest BCUT2D eigenvalue weighted by Crippen LogP contribution is -2.27. The van der Waals surface area contributed by atoms with Crippen LogP contribution in [0.15, 0.2) is 0 Å². The first-order valence-electron chi connectivity index (χ1n) is 4.10. The Hall–Kier alpha value is -1.01. The average molecular weight is 167 g/mol. The van der Waals surface area contributed by atoms with E-state index < -0.39 is 0 Å². The third-order valence-corrected chi connectivity index (χ3v) is 2.06. The highest BCUT2D eigenvalue weighted by Gasteiger charge is 2.24. The third kappa shape index (κ3) is 1.99. The minimum Gasteiger partial charge on any atom is -0.396 e. The number of aliphatic hydroxyl groups excluding tert-OH is 1. The summed E-state index contributed by atoms with van der Waals surface area (Å²) in [6.45, 7) is 3.21. The van der Waals surface area contributed by atoms with Gasteiger partial charge in [0.2, 0.25) is 0 Å². The van der Waals surface area contributed by atoms with Crippen molar-refractivity contribution in [2.45, 2.75) is 13.3 Å². The van der Waals surface area contributed by atoms with Gasteiger partial charge in [-0.1, -0.05) is 5.92 Å². The molecular formula is C9H13NO2. The van der Waals surface area contributed by atoms with Gasteiger partial charge in [0.1, 0.15) is 0 Å². The Morgan fingerprint density at radius 1 is 1.75 bits per heavy atom. The van der Waals surface area contributed by atoms with Crippen LogP contribution in [0, 0.1) is 17.8 Å². The van der Waals surface area contributed by atoms with Gasteiger partial charge in [-0.2, -0.15) is 0 Å². The fraction of sp³-hybridized carbons (Fsp3) is 0.667. The highest BCUT2D eigenvalue weighted by molar-refractivity contribution is 5.93. The van der Waals surface area contributed by atoms with Gasteiger partial charge in [-0.05, 0) is 19.3 Å². The van der Waals surface area contributed by atoms with E-state index in [-0.39, 0.29) is 18.4 Å². The second kappa shape index (κ2) is 4.13. The summed E-state index contributed by atoms with van der Waals surface area (Å²) in [5.41, 5.74) is 0. The number of rotatable bonds is 1. The van der Waals surface area contributed by atoms with Crippen molar-refractivity contribution in [3.05, 3.63) is 0 Å². The number of amides is 1. The van der Waals surface area contributed by atoms with Crippen LogP contribution >= 0.6 is 0 Å². The highest BCUT2D eigenvalue weighted by Crippen LogP contribution is 2.14. The lowest BCUT2D eigenvalue weighted by molar-refractivity contribution is -0.124. The van der Waals surface area contributed by atoms with Crippen molar-refractivity contribution in [3.8, 4) is 11.8 Å². The molecule has 3 heteroatoms. The molecule has 0 aliphatic carbocycles. The lowest BCUT2D eigenvalue weighted by Gasteiger charge is -2.11. The van der Waals surface area contributed by atoms with E-state index in [1.807, 2.05) is 0 Å². The first kappa shape index (κ1) is 9.08. The number of likely N-dealkylation sites (tertiary alicyclic amines) is 1. The topological polar surface area (TPSA) is 40.5 Å². The summed E-state index contributed by atoms with van der Waals surface area (Å²) in [6, 6.07) is 0. The van der Waals surface area contributed by atoms with E-state index in [1.54, 1.807) is 11.8 Å². The Morgan fingerprint density at radius 3 is 3.00 bits per heavy atom. The zero-order valence-corrected chi connectivity index (χ0v) is 7.21. The van der Waals surface area contributed by atoms with Crippen LogP contribution in [0.1, 0.15) is 13.3 Å². The minimum absolute atomic E-state index is 0.117. The molecule has 1 saturated heterocycles. The van der Waals surface area contributed by atoms with E-state index in [0.29, 0.717) is 6.54 Å². The molecule has 1 amide bonds. The summed E-state index contributed by atoms with van der Waals surface area (Å²) in [7, 11) is 0. The molecule has 1 atom stereocenters. The molecule has 1 N–H and O–H groups in total. The Morgan fingerprint density at radius 2 is 2.50 bits per heavy atom. The normalized spacial score (nSPS) is 21.8. The Labute approximate surface area is 72.4 Å². The first-order chi connectivity index (χ1) is 5.77. The molecule has 66 valence electrons. The van der Waals surface area contributed by atoms with E-state index >= 15 is 0 Å². The standard InChI is InChI=1S/C9H13NO2/c1-2-3-9(12)10-5-4-8(6-10)7-11/h8,11H,4-7H2,1H3/t8-/m1/s1. The van der Waals surface area contributed by atoms with Crippen molar-refractivity contribution in [3.63, 3.8) is 0 Å². The Balaban J connectivity index is 2.44. The molecule has 0 unspecified atom stereocenters.